The zero-order chi connectivity index (χ0) is 14.5. The Morgan fingerprint density at radius 2 is 2.25 bits per heavy atom. The molecule has 2 rings (SSSR count). The van der Waals surface area contributed by atoms with Crippen molar-refractivity contribution in [1.82, 2.24) is 4.90 Å². The minimum Gasteiger partial charge on any atom is -0.394 e. The van der Waals surface area contributed by atoms with E-state index in [1.807, 2.05) is 17.9 Å². The van der Waals surface area contributed by atoms with Crippen LogP contribution in [0.3, 0.4) is 0 Å². The van der Waals surface area contributed by atoms with Gasteiger partial charge in [0.1, 0.15) is 0 Å². The number of aliphatic hydroxyl groups excluding tert-OH is 1. The summed E-state index contributed by atoms with van der Waals surface area (Å²) in [6.45, 7) is 2.66. The van der Waals surface area contributed by atoms with Crippen molar-refractivity contribution in [3.8, 4) is 0 Å². The Kier molecular flexibility index (Phi) is 4.98. The third-order valence-electron chi connectivity index (χ3n) is 3.97. The number of aryl methyl sites for hydroxylation is 1. The van der Waals surface area contributed by atoms with Gasteiger partial charge in [-0.1, -0.05) is 12.8 Å². The molecule has 1 unspecified atom stereocenters. The first-order valence-electron chi connectivity index (χ1n) is 7.16. The average molecular weight is 277 g/mol. The Morgan fingerprint density at radius 3 is 2.90 bits per heavy atom. The van der Waals surface area contributed by atoms with Crippen molar-refractivity contribution in [2.24, 2.45) is 5.84 Å². The van der Waals surface area contributed by atoms with E-state index in [-0.39, 0.29) is 18.6 Å². The largest absolute Gasteiger partial charge is 0.394 e. The first-order valence-corrected chi connectivity index (χ1v) is 7.16. The van der Waals surface area contributed by atoms with Crippen molar-refractivity contribution in [2.45, 2.75) is 38.6 Å². The predicted molar refractivity (Wildman–Crippen MR) is 79.4 cm³/mol. The highest BCUT2D eigenvalue weighted by atomic mass is 16.3. The number of carbonyl (C=O) groups excluding carboxylic acids is 1. The first-order chi connectivity index (χ1) is 9.67. The number of aliphatic hydroxyl groups is 1. The molecule has 1 aromatic rings. The molecular weight excluding hydrogens is 254 g/mol. The van der Waals surface area contributed by atoms with Crippen LogP contribution in [0.4, 0.5) is 5.69 Å². The van der Waals surface area contributed by atoms with Crippen LogP contribution in [0.25, 0.3) is 0 Å². The molecule has 0 aromatic heterocycles. The van der Waals surface area contributed by atoms with Gasteiger partial charge in [-0.25, -0.2) is 0 Å². The van der Waals surface area contributed by atoms with Crippen molar-refractivity contribution in [2.75, 3.05) is 18.6 Å². The number of anilines is 1. The van der Waals surface area contributed by atoms with Gasteiger partial charge in [0.15, 0.2) is 0 Å². The smallest absolute Gasteiger partial charge is 0.254 e. The summed E-state index contributed by atoms with van der Waals surface area (Å²) < 4.78 is 0. The number of likely N-dealkylation sites (tertiary alicyclic amines) is 1. The summed E-state index contributed by atoms with van der Waals surface area (Å²) in [7, 11) is 0. The maximum atomic E-state index is 12.7. The summed E-state index contributed by atoms with van der Waals surface area (Å²) >= 11 is 0. The summed E-state index contributed by atoms with van der Waals surface area (Å²) in [4.78, 5) is 14.5. The molecule has 110 valence electrons. The number of hydrogen-bond donors (Lipinski definition) is 3. The summed E-state index contributed by atoms with van der Waals surface area (Å²) in [5.74, 6) is 5.38. The summed E-state index contributed by atoms with van der Waals surface area (Å²) in [6, 6.07) is 5.40. The standard InChI is InChI=1S/C15H23N3O2/c1-11-9-12(17-16)6-7-14(11)15(20)18-8-4-2-3-5-13(18)10-19/h6-7,9,13,17,19H,2-5,8,10,16H2,1H3. The van der Waals surface area contributed by atoms with Crippen LogP contribution >= 0.6 is 0 Å². The first kappa shape index (κ1) is 14.8. The molecule has 0 aliphatic carbocycles. The quantitative estimate of drug-likeness (QED) is 0.580. The molecule has 5 nitrogen and oxygen atoms in total. The lowest BCUT2D eigenvalue weighted by Gasteiger charge is -2.29. The number of nitrogens with two attached hydrogens (primary N) is 1. The monoisotopic (exact) mass is 277 g/mol. The highest BCUT2D eigenvalue weighted by Crippen LogP contribution is 2.22. The van der Waals surface area contributed by atoms with Crippen molar-refractivity contribution in [1.29, 1.82) is 0 Å². The molecule has 1 heterocycles. The zero-order valence-corrected chi connectivity index (χ0v) is 11.9. The van der Waals surface area contributed by atoms with Gasteiger partial charge in [-0.2, -0.15) is 0 Å². The van der Waals surface area contributed by atoms with Gasteiger partial charge in [-0.3, -0.25) is 10.6 Å². The lowest BCUT2D eigenvalue weighted by molar-refractivity contribution is 0.0599. The Bertz CT molecular complexity index is 476. The molecule has 20 heavy (non-hydrogen) atoms. The second kappa shape index (κ2) is 6.72. The van der Waals surface area contributed by atoms with E-state index in [4.69, 9.17) is 5.84 Å². The van der Waals surface area contributed by atoms with E-state index in [1.165, 1.54) is 0 Å². The van der Waals surface area contributed by atoms with Gasteiger partial charge >= 0.3 is 0 Å². The lowest BCUT2D eigenvalue weighted by Crippen LogP contribution is -2.42. The number of hydrogen-bond acceptors (Lipinski definition) is 4. The van der Waals surface area contributed by atoms with Crippen LogP contribution in [0.2, 0.25) is 0 Å². The summed E-state index contributed by atoms with van der Waals surface area (Å²) in [6.07, 6.45) is 4.08. The Balaban J connectivity index is 2.24. The molecule has 0 spiro atoms. The molecule has 5 heteroatoms. The zero-order valence-electron chi connectivity index (χ0n) is 11.9. The van der Waals surface area contributed by atoms with E-state index in [9.17, 15) is 9.90 Å². The van der Waals surface area contributed by atoms with Crippen molar-refractivity contribution < 1.29 is 9.90 Å². The third-order valence-corrected chi connectivity index (χ3v) is 3.97. The molecule has 1 amide bonds. The Labute approximate surface area is 119 Å². The molecular formula is C15H23N3O2. The van der Waals surface area contributed by atoms with Gasteiger partial charge in [0.05, 0.1) is 12.6 Å². The van der Waals surface area contributed by atoms with E-state index in [2.05, 4.69) is 5.43 Å². The molecule has 0 radical (unpaired) electrons. The van der Waals surface area contributed by atoms with Crippen LogP contribution in [-0.4, -0.2) is 35.1 Å². The highest BCUT2D eigenvalue weighted by molar-refractivity contribution is 5.96. The summed E-state index contributed by atoms with van der Waals surface area (Å²) in [5, 5.41) is 9.51. The van der Waals surface area contributed by atoms with Crippen LogP contribution in [0.5, 0.6) is 0 Å². The number of rotatable bonds is 3. The van der Waals surface area contributed by atoms with E-state index in [1.54, 1.807) is 12.1 Å². The lowest BCUT2D eigenvalue weighted by atomic mass is 10.0. The molecule has 0 saturated carbocycles. The van der Waals surface area contributed by atoms with Crippen molar-refractivity contribution in [3.63, 3.8) is 0 Å². The van der Waals surface area contributed by atoms with Crippen molar-refractivity contribution >= 4 is 11.6 Å². The summed E-state index contributed by atoms with van der Waals surface area (Å²) in [5.41, 5.74) is 4.94. The highest BCUT2D eigenvalue weighted by Gasteiger charge is 2.26. The van der Waals surface area contributed by atoms with E-state index >= 15 is 0 Å². The topological polar surface area (TPSA) is 78.6 Å². The van der Waals surface area contributed by atoms with E-state index in [0.29, 0.717) is 5.56 Å². The fourth-order valence-electron chi connectivity index (χ4n) is 2.78. The molecule has 1 aliphatic heterocycles. The number of nitrogen functional groups attached to an aromatic ring is 1. The van der Waals surface area contributed by atoms with Crippen molar-refractivity contribution in [3.05, 3.63) is 29.3 Å². The van der Waals surface area contributed by atoms with Gasteiger partial charge in [-0.15, -0.1) is 0 Å². The van der Waals surface area contributed by atoms with Gasteiger partial charge < -0.3 is 15.4 Å². The number of amides is 1. The third kappa shape index (κ3) is 3.11. The van der Waals surface area contributed by atoms with Crippen LogP contribution in [0.1, 0.15) is 41.6 Å². The van der Waals surface area contributed by atoms with Gasteiger partial charge in [0.2, 0.25) is 0 Å². The van der Waals surface area contributed by atoms with Crippen LogP contribution in [-0.2, 0) is 0 Å². The number of hydrazine groups is 1. The van der Waals surface area contributed by atoms with Gasteiger partial charge in [0, 0.05) is 17.8 Å². The van der Waals surface area contributed by atoms with Crippen LogP contribution < -0.4 is 11.3 Å². The molecule has 4 N–H and O–H groups in total. The molecule has 1 atom stereocenters. The minimum absolute atomic E-state index is 0.00650. The molecule has 0 bridgehead atoms. The maximum Gasteiger partial charge on any atom is 0.254 e. The van der Waals surface area contributed by atoms with E-state index in [0.717, 1.165) is 43.5 Å². The van der Waals surface area contributed by atoms with Crippen LogP contribution in [0.15, 0.2) is 18.2 Å². The van der Waals surface area contributed by atoms with Crippen LogP contribution in [0, 0.1) is 6.92 Å². The maximum absolute atomic E-state index is 12.7. The number of nitrogens with zero attached hydrogens (tertiary/aromatic N) is 1. The molecule has 1 aromatic carbocycles. The number of nitrogens with one attached hydrogen (secondary N) is 1. The normalized spacial score (nSPS) is 19.6. The van der Waals surface area contributed by atoms with Gasteiger partial charge in [0.25, 0.3) is 5.91 Å². The number of carbonyl (C=O) groups is 1. The fourth-order valence-corrected chi connectivity index (χ4v) is 2.78. The predicted octanol–water partition coefficient (Wildman–Crippen LogP) is 1.66. The molecule has 1 fully saturated rings. The minimum atomic E-state index is -0.0586. The fraction of sp³-hybridized carbons (Fsp3) is 0.533. The Morgan fingerprint density at radius 1 is 1.45 bits per heavy atom. The Hall–Kier alpha value is -1.59. The SMILES string of the molecule is Cc1cc(NN)ccc1C(=O)N1CCCCCC1CO. The molecule has 1 saturated heterocycles. The molecule has 1 aliphatic rings. The van der Waals surface area contributed by atoms with Gasteiger partial charge in [-0.05, 0) is 43.5 Å². The average Bonchev–Trinajstić information content (AvgIpc) is 2.71. The second-order valence-corrected chi connectivity index (χ2v) is 5.36. The second-order valence-electron chi connectivity index (χ2n) is 5.36. The number of benzene rings is 1. The van der Waals surface area contributed by atoms with E-state index < -0.39 is 0 Å².